The zero-order chi connectivity index (χ0) is 27.1. The van der Waals surface area contributed by atoms with Crippen LogP contribution in [0.15, 0.2) is 140 Å². The van der Waals surface area contributed by atoms with Gasteiger partial charge in [0.2, 0.25) is 0 Å². The minimum Gasteiger partial charge on any atom is -0.314 e. The summed E-state index contributed by atoms with van der Waals surface area (Å²) in [5.74, 6) is 0. The molecule has 0 N–H and O–H groups in total. The maximum absolute atomic E-state index is 4.52. The zero-order valence-corrected chi connectivity index (χ0v) is 22.6. The third kappa shape index (κ3) is 3.78. The molecule has 8 aromatic rings. The van der Waals surface area contributed by atoms with Crippen molar-refractivity contribution in [1.29, 1.82) is 0 Å². The summed E-state index contributed by atoms with van der Waals surface area (Å²) in [5, 5.41) is 8.65. The minimum atomic E-state index is 1.10. The summed E-state index contributed by atoms with van der Waals surface area (Å²) in [4.78, 5) is 4.52. The Morgan fingerprint density at radius 3 is 2.08 bits per heavy atom. The maximum atomic E-state index is 4.52. The minimum absolute atomic E-state index is 1.10. The zero-order valence-electron chi connectivity index (χ0n) is 22.6. The van der Waals surface area contributed by atoms with E-state index in [4.69, 9.17) is 0 Å². The van der Waals surface area contributed by atoms with E-state index in [2.05, 4.69) is 130 Å². The number of hydrogen-bond acceptors (Lipinski definition) is 1. The van der Waals surface area contributed by atoms with E-state index in [9.17, 15) is 0 Å². The molecule has 40 heavy (non-hydrogen) atoms. The van der Waals surface area contributed by atoms with Gasteiger partial charge >= 0.3 is 0 Å². The van der Waals surface area contributed by atoms with Crippen LogP contribution in [0.3, 0.4) is 0 Å². The number of benzene rings is 5. The molecule has 3 heterocycles. The molecular formula is C37H29N3. The van der Waals surface area contributed by atoms with Crippen LogP contribution in [-0.4, -0.2) is 14.1 Å². The molecule has 5 aromatic carbocycles. The average Bonchev–Trinajstić information content (AvgIpc) is 3.59. The van der Waals surface area contributed by atoms with Crippen molar-refractivity contribution < 1.29 is 0 Å². The third-order valence-corrected chi connectivity index (χ3v) is 7.74. The molecule has 0 spiro atoms. The molecule has 3 aromatic heterocycles. The van der Waals surface area contributed by atoms with Crippen LogP contribution in [0.25, 0.3) is 65.6 Å². The Morgan fingerprint density at radius 2 is 1.25 bits per heavy atom. The van der Waals surface area contributed by atoms with Crippen molar-refractivity contribution in [2.45, 2.75) is 13.8 Å². The summed E-state index contributed by atoms with van der Waals surface area (Å²) in [6.45, 7) is 4.00. The first-order chi connectivity index (χ1) is 19.8. The fraction of sp³-hybridized carbons (Fsp3) is 0.0541. The summed E-state index contributed by atoms with van der Waals surface area (Å²) >= 11 is 0. The molecule has 3 nitrogen and oxygen atoms in total. The number of fused-ring (bicyclic) bond motifs is 7. The van der Waals surface area contributed by atoms with Crippen LogP contribution in [0.1, 0.15) is 13.8 Å². The van der Waals surface area contributed by atoms with Gasteiger partial charge in [-0.25, -0.2) is 0 Å². The molecule has 192 valence electrons. The summed E-state index contributed by atoms with van der Waals surface area (Å²) in [7, 11) is 0. The Bertz CT molecular complexity index is 2170. The van der Waals surface area contributed by atoms with Gasteiger partial charge in [0.05, 0.1) is 28.4 Å². The first kappa shape index (κ1) is 23.9. The molecule has 0 amide bonds. The average molecular weight is 516 g/mol. The first-order valence-electron chi connectivity index (χ1n) is 13.7. The Kier molecular flexibility index (Phi) is 5.90. The van der Waals surface area contributed by atoms with Crippen LogP contribution >= 0.6 is 0 Å². The second kappa shape index (κ2) is 9.87. The van der Waals surface area contributed by atoms with Gasteiger partial charge in [-0.15, -0.1) is 0 Å². The molecule has 0 unspecified atom stereocenters. The summed E-state index contributed by atoms with van der Waals surface area (Å²) in [6.07, 6.45) is 10.1. The van der Waals surface area contributed by atoms with Crippen molar-refractivity contribution in [1.82, 2.24) is 14.1 Å². The van der Waals surface area contributed by atoms with Gasteiger partial charge in [-0.3, -0.25) is 4.98 Å². The van der Waals surface area contributed by atoms with Gasteiger partial charge in [0, 0.05) is 45.0 Å². The van der Waals surface area contributed by atoms with Crippen molar-refractivity contribution in [2.24, 2.45) is 0 Å². The fourth-order valence-corrected chi connectivity index (χ4v) is 5.77. The van der Waals surface area contributed by atoms with Gasteiger partial charge in [0.15, 0.2) is 0 Å². The van der Waals surface area contributed by atoms with E-state index in [0.29, 0.717) is 0 Å². The molecule has 0 radical (unpaired) electrons. The number of hydrogen-bond donors (Lipinski definition) is 0. The quantitative estimate of drug-likeness (QED) is 0.210. The van der Waals surface area contributed by atoms with Crippen LogP contribution in [0.5, 0.6) is 0 Å². The molecule has 0 bridgehead atoms. The summed E-state index contributed by atoms with van der Waals surface area (Å²) in [5.41, 5.74) is 5.91. The second-order valence-electron chi connectivity index (χ2n) is 10.0. The first-order valence-corrected chi connectivity index (χ1v) is 13.7. The monoisotopic (exact) mass is 515 g/mol. The summed E-state index contributed by atoms with van der Waals surface area (Å²) < 4.78 is 4.65. The lowest BCUT2D eigenvalue weighted by molar-refractivity contribution is 1.12. The van der Waals surface area contributed by atoms with E-state index >= 15 is 0 Å². The Balaban J connectivity index is 0.000000623. The Labute approximate surface area is 233 Å². The topological polar surface area (TPSA) is 22.8 Å². The number of nitrogens with zero attached hydrogens (tertiary/aromatic N) is 3. The van der Waals surface area contributed by atoms with Crippen LogP contribution in [-0.2, 0) is 0 Å². The lowest BCUT2D eigenvalue weighted by atomic mass is 10.0. The maximum Gasteiger partial charge on any atom is 0.0718 e. The fourth-order valence-electron chi connectivity index (χ4n) is 5.77. The van der Waals surface area contributed by atoms with E-state index in [1.54, 1.807) is 0 Å². The number of pyridine rings is 1. The molecular weight excluding hydrogens is 486 g/mol. The Morgan fingerprint density at radius 1 is 0.525 bits per heavy atom. The molecule has 0 fully saturated rings. The molecule has 0 saturated carbocycles. The number of aromatic nitrogens is 3. The number of para-hydroxylation sites is 2. The molecule has 0 aliphatic carbocycles. The van der Waals surface area contributed by atoms with Gasteiger partial charge in [0.1, 0.15) is 0 Å². The van der Waals surface area contributed by atoms with E-state index in [0.717, 1.165) is 11.1 Å². The van der Waals surface area contributed by atoms with E-state index in [1.165, 1.54) is 54.6 Å². The van der Waals surface area contributed by atoms with E-state index in [-0.39, 0.29) is 0 Å². The van der Waals surface area contributed by atoms with Crippen molar-refractivity contribution >= 4 is 54.3 Å². The standard InChI is InChI=1S/C33H21N3.C4H8/c1-2-9-24(10-3-1)36-31-13-7-6-12-26(31)29-18-22-14-15-30-27(28(22)19-32(29)36)16-17-35(30)33-21-34-20-23-8-4-5-11-25(23)33;1-3-4-2/h1-21H;3-4H,1-2H3/b;4-3-. The molecule has 0 saturated heterocycles. The van der Waals surface area contributed by atoms with Crippen LogP contribution in [0.2, 0.25) is 0 Å². The lowest BCUT2D eigenvalue weighted by Crippen LogP contribution is -1.95. The van der Waals surface area contributed by atoms with Crippen LogP contribution in [0, 0.1) is 0 Å². The number of rotatable bonds is 2. The van der Waals surface area contributed by atoms with Gasteiger partial charge in [-0.05, 0) is 67.1 Å². The van der Waals surface area contributed by atoms with Gasteiger partial charge in [-0.1, -0.05) is 78.9 Å². The van der Waals surface area contributed by atoms with E-state index in [1.807, 2.05) is 38.4 Å². The predicted molar refractivity (Wildman–Crippen MR) is 171 cm³/mol. The molecule has 8 rings (SSSR count). The third-order valence-electron chi connectivity index (χ3n) is 7.74. The van der Waals surface area contributed by atoms with Crippen LogP contribution < -0.4 is 0 Å². The number of allylic oxidation sites excluding steroid dienone is 2. The second-order valence-corrected chi connectivity index (χ2v) is 10.0. The van der Waals surface area contributed by atoms with Gasteiger partial charge in [0.25, 0.3) is 0 Å². The van der Waals surface area contributed by atoms with Crippen molar-refractivity contribution in [2.75, 3.05) is 0 Å². The van der Waals surface area contributed by atoms with Crippen molar-refractivity contribution in [3.63, 3.8) is 0 Å². The predicted octanol–water partition coefficient (Wildman–Crippen LogP) is 10.0. The van der Waals surface area contributed by atoms with E-state index < -0.39 is 0 Å². The highest BCUT2D eigenvalue weighted by Gasteiger charge is 2.15. The van der Waals surface area contributed by atoms with Crippen LogP contribution in [0.4, 0.5) is 0 Å². The highest BCUT2D eigenvalue weighted by molar-refractivity contribution is 6.18. The lowest BCUT2D eigenvalue weighted by Gasteiger charge is -2.11. The molecule has 0 aliphatic rings. The van der Waals surface area contributed by atoms with Crippen molar-refractivity contribution in [3.05, 3.63) is 140 Å². The molecule has 0 aliphatic heterocycles. The highest BCUT2D eigenvalue weighted by atomic mass is 15.0. The molecule has 3 heteroatoms. The van der Waals surface area contributed by atoms with Gasteiger partial charge in [-0.2, -0.15) is 0 Å². The normalized spacial score (nSPS) is 11.7. The SMILES string of the molecule is C/C=C\C.c1ccc(-n2c3ccccc3c3cc4ccc5c(ccn5-c5cncc6ccccc56)c4cc32)cc1. The molecule has 0 atom stereocenters. The smallest absolute Gasteiger partial charge is 0.0718 e. The highest BCUT2D eigenvalue weighted by Crippen LogP contribution is 2.37. The largest absolute Gasteiger partial charge is 0.314 e. The van der Waals surface area contributed by atoms with Gasteiger partial charge < -0.3 is 9.13 Å². The Hall–Kier alpha value is -5.15. The summed E-state index contributed by atoms with van der Waals surface area (Å²) in [6, 6.07) is 39.2. The van der Waals surface area contributed by atoms with Crippen molar-refractivity contribution in [3.8, 4) is 11.4 Å².